The summed E-state index contributed by atoms with van der Waals surface area (Å²) in [5, 5.41) is 3.48. The van der Waals surface area contributed by atoms with Crippen molar-refractivity contribution in [1.82, 2.24) is 15.1 Å². The fourth-order valence-corrected chi connectivity index (χ4v) is 3.20. The van der Waals surface area contributed by atoms with Crippen LogP contribution in [0.25, 0.3) is 0 Å². The number of aliphatic imine (C=N–C) groups is 1. The van der Waals surface area contributed by atoms with Crippen LogP contribution in [0.5, 0.6) is 0 Å². The SMILES string of the molecule is CN=C(NCC1CCN(C(=O)OC(C)(C)C)CC1)N(C)Cc1ccccc1.I. The maximum atomic E-state index is 12.2. The van der Waals surface area contributed by atoms with Gasteiger partial charge in [0.2, 0.25) is 0 Å². The molecule has 1 amide bonds. The number of amides is 1. The summed E-state index contributed by atoms with van der Waals surface area (Å²) in [6, 6.07) is 10.4. The molecular formula is C21H35IN4O2. The van der Waals surface area contributed by atoms with Crippen LogP contribution in [0.4, 0.5) is 4.79 Å². The average Bonchev–Trinajstić information content (AvgIpc) is 2.62. The standard InChI is InChI=1S/C21H34N4O2.HI/c1-21(2,3)27-20(26)25-13-11-17(12-14-25)15-23-19(22-4)24(5)16-18-9-7-6-8-10-18;/h6-10,17H,11-16H2,1-5H3,(H,22,23);1H. The molecule has 6 nitrogen and oxygen atoms in total. The van der Waals surface area contributed by atoms with E-state index in [0.29, 0.717) is 5.92 Å². The lowest BCUT2D eigenvalue weighted by Gasteiger charge is -2.34. The first-order valence-corrected chi connectivity index (χ1v) is 9.72. The Morgan fingerprint density at radius 2 is 1.86 bits per heavy atom. The van der Waals surface area contributed by atoms with Gasteiger partial charge in [-0.1, -0.05) is 30.3 Å². The van der Waals surface area contributed by atoms with Gasteiger partial charge in [-0.3, -0.25) is 4.99 Å². The molecule has 0 aliphatic carbocycles. The summed E-state index contributed by atoms with van der Waals surface area (Å²) in [5.41, 5.74) is 0.819. The van der Waals surface area contributed by atoms with E-state index in [4.69, 9.17) is 4.74 Å². The van der Waals surface area contributed by atoms with E-state index in [1.54, 1.807) is 0 Å². The van der Waals surface area contributed by atoms with Gasteiger partial charge in [0.25, 0.3) is 0 Å². The predicted molar refractivity (Wildman–Crippen MR) is 125 cm³/mol. The van der Waals surface area contributed by atoms with Crippen LogP contribution in [0.15, 0.2) is 35.3 Å². The fourth-order valence-electron chi connectivity index (χ4n) is 3.20. The van der Waals surface area contributed by atoms with E-state index in [9.17, 15) is 4.79 Å². The highest BCUT2D eigenvalue weighted by Gasteiger charge is 2.27. The molecule has 0 bridgehead atoms. The molecule has 1 fully saturated rings. The summed E-state index contributed by atoms with van der Waals surface area (Å²) >= 11 is 0. The number of hydrogen-bond acceptors (Lipinski definition) is 3. The number of nitrogens with zero attached hydrogens (tertiary/aromatic N) is 3. The number of rotatable bonds is 4. The highest BCUT2D eigenvalue weighted by atomic mass is 127. The Labute approximate surface area is 186 Å². The monoisotopic (exact) mass is 502 g/mol. The first kappa shape index (κ1) is 24.5. The van der Waals surface area contributed by atoms with Crippen LogP contribution in [0.3, 0.4) is 0 Å². The highest BCUT2D eigenvalue weighted by Crippen LogP contribution is 2.19. The number of ether oxygens (including phenoxy) is 1. The van der Waals surface area contributed by atoms with E-state index in [2.05, 4.69) is 39.5 Å². The van der Waals surface area contributed by atoms with Crippen LogP contribution < -0.4 is 5.32 Å². The maximum absolute atomic E-state index is 12.2. The molecule has 0 radical (unpaired) electrons. The minimum Gasteiger partial charge on any atom is -0.444 e. The number of benzene rings is 1. The molecule has 7 heteroatoms. The highest BCUT2D eigenvalue weighted by molar-refractivity contribution is 14.0. The summed E-state index contributed by atoms with van der Waals surface area (Å²) in [6.45, 7) is 8.89. The molecule has 28 heavy (non-hydrogen) atoms. The van der Waals surface area contributed by atoms with Crippen LogP contribution >= 0.6 is 24.0 Å². The number of hydrogen-bond donors (Lipinski definition) is 1. The first-order valence-electron chi connectivity index (χ1n) is 9.72. The molecule has 1 saturated heterocycles. The number of halogens is 1. The first-order chi connectivity index (χ1) is 12.8. The summed E-state index contributed by atoms with van der Waals surface area (Å²) in [6.07, 6.45) is 1.75. The summed E-state index contributed by atoms with van der Waals surface area (Å²) < 4.78 is 5.46. The quantitative estimate of drug-likeness (QED) is 0.385. The average molecular weight is 502 g/mol. The molecular weight excluding hydrogens is 467 g/mol. The van der Waals surface area contributed by atoms with Gasteiger partial charge in [0.15, 0.2) is 5.96 Å². The van der Waals surface area contributed by atoms with Gasteiger partial charge >= 0.3 is 6.09 Å². The minimum absolute atomic E-state index is 0. The molecule has 0 atom stereocenters. The molecule has 1 heterocycles. The number of nitrogens with one attached hydrogen (secondary N) is 1. The molecule has 0 saturated carbocycles. The zero-order chi connectivity index (χ0) is 19.9. The van der Waals surface area contributed by atoms with Gasteiger partial charge in [0.05, 0.1) is 0 Å². The molecule has 1 aliphatic heterocycles. The van der Waals surface area contributed by atoms with Gasteiger partial charge in [-0.15, -0.1) is 24.0 Å². The Kier molecular flexibility index (Phi) is 10.1. The lowest BCUT2D eigenvalue weighted by molar-refractivity contribution is 0.0185. The van der Waals surface area contributed by atoms with E-state index >= 15 is 0 Å². The van der Waals surface area contributed by atoms with Crippen molar-refractivity contribution < 1.29 is 9.53 Å². The topological polar surface area (TPSA) is 57.2 Å². The largest absolute Gasteiger partial charge is 0.444 e. The van der Waals surface area contributed by atoms with Crippen LogP contribution in [0, 0.1) is 5.92 Å². The van der Waals surface area contributed by atoms with Gasteiger partial charge in [-0.25, -0.2) is 4.79 Å². The van der Waals surface area contributed by atoms with Crippen LogP contribution in [0.1, 0.15) is 39.2 Å². The normalized spacial score (nSPS) is 15.6. The van der Waals surface area contributed by atoms with Crippen molar-refractivity contribution in [1.29, 1.82) is 0 Å². The van der Waals surface area contributed by atoms with Gasteiger partial charge in [-0.05, 0) is 45.1 Å². The Balaban J connectivity index is 0.00000392. The minimum atomic E-state index is -0.439. The molecule has 158 valence electrons. The zero-order valence-electron chi connectivity index (χ0n) is 17.8. The zero-order valence-corrected chi connectivity index (χ0v) is 20.1. The van der Waals surface area contributed by atoms with Gasteiger partial charge < -0.3 is 19.9 Å². The van der Waals surface area contributed by atoms with Crippen molar-refractivity contribution in [3.63, 3.8) is 0 Å². The van der Waals surface area contributed by atoms with E-state index < -0.39 is 5.60 Å². The third kappa shape index (κ3) is 8.24. The second-order valence-electron chi connectivity index (χ2n) is 8.18. The van der Waals surface area contributed by atoms with Crippen LogP contribution in [-0.2, 0) is 11.3 Å². The number of piperidine rings is 1. The van der Waals surface area contributed by atoms with Crippen LogP contribution in [0.2, 0.25) is 0 Å². The van der Waals surface area contributed by atoms with Crippen molar-refractivity contribution in [2.45, 2.75) is 45.8 Å². The lowest BCUT2D eigenvalue weighted by Crippen LogP contribution is -2.45. The second kappa shape index (κ2) is 11.5. The Bertz CT molecular complexity index is 623. The molecule has 0 spiro atoms. The molecule has 1 aliphatic rings. The molecule has 1 N–H and O–H groups in total. The van der Waals surface area contributed by atoms with Gasteiger partial charge in [-0.2, -0.15) is 0 Å². The third-order valence-electron chi connectivity index (χ3n) is 4.65. The Morgan fingerprint density at radius 1 is 1.25 bits per heavy atom. The molecule has 0 unspecified atom stereocenters. The van der Waals surface area contributed by atoms with E-state index in [1.807, 2.05) is 45.8 Å². The molecule has 1 aromatic rings. The van der Waals surface area contributed by atoms with Gasteiger partial charge in [0, 0.05) is 40.3 Å². The van der Waals surface area contributed by atoms with E-state index in [1.165, 1.54) is 5.56 Å². The Hall–Kier alpha value is -1.51. The van der Waals surface area contributed by atoms with Gasteiger partial charge in [0.1, 0.15) is 5.60 Å². The number of guanidine groups is 1. The number of likely N-dealkylation sites (tertiary alicyclic amines) is 1. The van der Waals surface area contributed by atoms with E-state index in [-0.39, 0.29) is 30.1 Å². The van der Waals surface area contributed by atoms with Crippen LogP contribution in [-0.4, -0.2) is 61.2 Å². The molecule has 0 aromatic heterocycles. The lowest BCUT2D eigenvalue weighted by atomic mass is 9.97. The van der Waals surface area contributed by atoms with Crippen molar-refractivity contribution in [2.24, 2.45) is 10.9 Å². The number of carbonyl (C=O) groups is 1. The summed E-state index contributed by atoms with van der Waals surface area (Å²) in [5.74, 6) is 1.43. The van der Waals surface area contributed by atoms with Crippen molar-refractivity contribution in [2.75, 3.05) is 33.7 Å². The smallest absolute Gasteiger partial charge is 0.410 e. The van der Waals surface area contributed by atoms with Crippen molar-refractivity contribution >= 4 is 36.0 Å². The summed E-state index contributed by atoms with van der Waals surface area (Å²) in [7, 11) is 3.86. The number of carbonyl (C=O) groups excluding carboxylic acids is 1. The maximum Gasteiger partial charge on any atom is 0.410 e. The third-order valence-corrected chi connectivity index (χ3v) is 4.65. The fraction of sp³-hybridized carbons (Fsp3) is 0.619. The summed E-state index contributed by atoms with van der Waals surface area (Å²) in [4.78, 5) is 20.5. The Morgan fingerprint density at radius 3 is 2.39 bits per heavy atom. The molecule has 1 aromatic carbocycles. The van der Waals surface area contributed by atoms with Crippen molar-refractivity contribution in [3.05, 3.63) is 35.9 Å². The predicted octanol–water partition coefficient (Wildman–Crippen LogP) is 3.96. The second-order valence-corrected chi connectivity index (χ2v) is 8.18. The molecule has 2 rings (SSSR count). The van der Waals surface area contributed by atoms with Crippen molar-refractivity contribution in [3.8, 4) is 0 Å². The van der Waals surface area contributed by atoms with E-state index in [0.717, 1.165) is 45.0 Å².